The van der Waals surface area contributed by atoms with Gasteiger partial charge < -0.3 is 15.6 Å². The number of unbranched alkanes of at least 4 members (excludes halogenated alkanes) is 2. The Bertz CT molecular complexity index is 290. The topological polar surface area (TPSA) is 92.9 Å². The molecule has 1 aliphatic heterocycles. The van der Waals surface area contributed by atoms with E-state index in [9.17, 15) is 14.7 Å². The van der Waals surface area contributed by atoms with Crippen LogP contribution < -0.4 is 5.73 Å². The number of rotatable bonds is 7. The molecule has 0 saturated carbocycles. The monoisotopic (exact) mass is 229 g/mol. The molecule has 16 heavy (non-hydrogen) atoms. The van der Waals surface area contributed by atoms with Crippen molar-refractivity contribution in [2.24, 2.45) is 5.73 Å². The fraction of sp³-hybridized carbons (Fsp3) is 0.818. The highest BCUT2D eigenvalue weighted by Crippen LogP contribution is 2.40. The Labute approximate surface area is 95.0 Å². The number of carbonyl (C=O) groups excluding carboxylic acids is 2. The van der Waals surface area contributed by atoms with Gasteiger partial charge in [0.2, 0.25) is 5.60 Å². The molecule has 0 spiro atoms. The third-order valence-corrected chi connectivity index (χ3v) is 2.88. The molecule has 1 fully saturated rings. The number of carbonyl (C=O) groups is 2. The lowest BCUT2D eigenvalue weighted by Crippen LogP contribution is -2.43. The van der Waals surface area contributed by atoms with Crippen LogP contribution in [0, 0.1) is 0 Å². The summed E-state index contributed by atoms with van der Waals surface area (Å²) in [7, 11) is 0. The van der Waals surface area contributed by atoms with Gasteiger partial charge in [-0.2, -0.15) is 0 Å². The zero-order chi connectivity index (χ0) is 12.3. The molecular formula is C11H19NO4. The number of amides is 1. The molecular weight excluding hydrogens is 210 g/mol. The van der Waals surface area contributed by atoms with Crippen LogP contribution in [0.4, 0.5) is 0 Å². The third kappa shape index (κ3) is 2.25. The van der Waals surface area contributed by atoms with E-state index in [0.29, 0.717) is 0 Å². The maximum absolute atomic E-state index is 11.8. The summed E-state index contributed by atoms with van der Waals surface area (Å²) in [5.41, 5.74) is 3.62. The molecule has 92 valence electrons. The quantitative estimate of drug-likeness (QED) is 0.369. The van der Waals surface area contributed by atoms with Gasteiger partial charge in [-0.3, -0.25) is 9.59 Å². The number of aliphatic hydroxyl groups excluding tert-OH is 1. The fourth-order valence-corrected chi connectivity index (χ4v) is 1.89. The van der Waals surface area contributed by atoms with Crippen molar-refractivity contribution in [2.75, 3.05) is 0 Å². The van der Waals surface area contributed by atoms with E-state index in [0.717, 1.165) is 19.3 Å². The van der Waals surface area contributed by atoms with Crippen LogP contribution in [0.3, 0.4) is 0 Å². The van der Waals surface area contributed by atoms with Crippen molar-refractivity contribution in [3.05, 3.63) is 0 Å². The van der Waals surface area contributed by atoms with E-state index in [4.69, 9.17) is 10.5 Å². The number of ketones is 1. The van der Waals surface area contributed by atoms with Crippen LogP contribution in [0.1, 0.15) is 39.5 Å². The van der Waals surface area contributed by atoms with Crippen molar-refractivity contribution in [2.45, 2.75) is 57.3 Å². The zero-order valence-corrected chi connectivity index (χ0v) is 9.73. The molecule has 0 bridgehead atoms. The van der Waals surface area contributed by atoms with Gasteiger partial charge in [0.25, 0.3) is 5.91 Å². The van der Waals surface area contributed by atoms with Crippen molar-refractivity contribution in [1.82, 2.24) is 0 Å². The van der Waals surface area contributed by atoms with Gasteiger partial charge in [0.15, 0.2) is 5.78 Å². The smallest absolute Gasteiger partial charge is 0.260 e. The number of primary amides is 1. The van der Waals surface area contributed by atoms with Crippen LogP contribution in [0.15, 0.2) is 0 Å². The molecule has 0 aromatic carbocycles. The van der Waals surface area contributed by atoms with E-state index >= 15 is 0 Å². The van der Waals surface area contributed by atoms with Gasteiger partial charge in [0.05, 0.1) is 6.10 Å². The Morgan fingerprint density at radius 2 is 2.12 bits per heavy atom. The van der Waals surface area contributed by atoms with E-state index in [-0.39, 0.29) is 12.2 Å². The SMILES string of the molecule is CCCCCC(=O)[C@]1(C(N)=O)O[C@H]1[C@H](C)O. The van der Waals surface area contributed by atoms with Gasteiger partial charge in [-0.1, -0.05) is 19.8 Å². The number of aliphatic hydroxyl groups is 1. The summed E-state index contributed by atoms with van der Waals surface area (Å²) in [5.74, 6) is -1.10. The number of nitrogens with two attached hydrogens (primary N) is 1. The van der Waals surface area contributed by atoms with Gasteiger partial charge in [-0.15, -0.1) is 0 Å². The van der Waals surface area contributed by atoms with Gasteiger partial charge in [-0.25, -0.2) is 0 Å². The van der Waals surface area contributed by atoms with E-state index in [2.05, 4.69) is 0 Å². The first kappa shape index (κ1) is 13.1. The molecule has 1 heterocycles. The fourth-order valence-electron chi connectivity index (χ4n) is 1.89. The summed E-state index contributed by atoms with van der Waals surface area (Å²) in [6, 6.07) is 0. The van der Waals surface area contributed by atoms with Crippen molar-refractivity contribution >= 4 is 11.7 Å². The molecule has 3 atom stereocenters. The minimum atomic E-state index is -1.55. The lowest BCUT2D eigenvalue weighted by Gasteiger charge is -2.08. The van der Waals surface area contributed by atoms with Gasteiger partial charge >= 0.3 is 0 Å². The van der Waals surface area contributed by atoms with Crippen LogP contribution in [-0.4, -0.2) is 34.6 Å². The molecule has 0 aromatic rings. The van der Waals surface area contributed by atoms with Crippen LogP contribution in [-0.2, 0) is 14.3 Å². The largest absolute Gasteiger partial charge is 0.391 e. The molecule has 3 N–H and O–H groups in total. The molecule has 5 nitrogen and oxygen atoms in total. The van der Waals surface area contributed by atoms with Crippen LogP contribution in [0.2, 0.25) is 0 Å². The number of hydrogen-bond acceptors (Lipinski definition) is 4. The molecule has 0 unspecified atom stereocenters. The Hall–Kier alpha value is -0.940. The summed E-state index contributed by atoms with van der Waals surface area (Å²) in [6.07, 6.45) is 1.30. The predicted molar refractivity (Wildman–Crippen MR) is 57.6 cm³/mol. The van der Waals surface area contributed by atoms with Gasteiger partial charge in [0.1, 0.15) is 6.10 Å². The molecule has 5 heteroatoms. The highest BCUT2D eigenvalue weighted by Gasteiger charge is 2.68. The summed E-state index contributed by atoms with van der Waals surface area (Å²) >= 11 is 0. The minimum Gasteiger partial charge on any atom is -0.391 e. The first-order valence-corrected chi connectivity index (χ1v) is 5.65. The van der Waals surface area contributed by atoms with Crippen LogP contribution >= 0.6 is 0 Å². The lowest BCUT2D eigenvalue weighted by atomic mass is 9.93. The number of hydrogen-bond donors (Lipinski definition) is 2. The summed E-state index contributed by atoms with van der Waals surface area (Å²) in [5, 5.41) is 9.31. The van der Waals surface area contributed by atoms with Crippen LogP contribution in [0.25, 0.3) is 0 Å². The van der Waals surface area contributed by atoms with Gasteiger partial charge in [-0.05, 0) is 13.3 Å². The molecule has 1 amide bonds. The van der Waals surface area contributed by atoms with Crippen molar-refractivity contribution in [3.8, 4) is 0 Å². The highest BCUT2D eigenvalue weighted by atomic mass is 16.6. The maximum Gasteiger partial charge on any atom is 0.260 e. The standard InChI is InChI=1S/C11H19NO4/c1-3-4-5-6-8(14)11(10(12)15)9(16-11)7(2)13/h7,9,13H,3-6H2,1-2H3,(H2,12,15)/t7-,9-,11-/m0/s1. The molecule has 0 aromatic heterocycles. The average Bonchev–Trinajstić information content (AvgIpc) is 2.94. The average molecular weight is 229 g/mol. The van der Waals surface area contributed by atoms with E-state index in [1.807, 2.05) is 6.92 Å². The molecule has 0 aliphatic carbocycles. The van der Waals surface area contributed by atoms with E-state index < -0.39 is 23.7 Å². The maximum atomic E-state index is 11.8. The first-order chi connectivity index (χ1) is 7.46. The molecule has 0 radical (unpaired) electrons. The van der Waals surface area contributed by atoms with Crippen molar-refractivity contribution < 1.29 is 19.4 Å². The number of ether oxygens (including phenoxy) is 1. The Balaban J connectivity index is 2.60. The van der Waals surface area contributed by atoms with Gasteiger partial charge in [0, 0.05) is 6.42 Å². The molecule has 1 aliphatic rings. The van der Waals surface area contributed by atoms with E-state index in [1.165, 1.54) is 6.92 Å². The van der Waals surface area contributed by atoms with E-state index in [1.54, 1.807) is 0 Å². The third-order valence-electron chi connectivity index (χ3n) is 2.88. The predicted octanol–water partition coefficient (Wildman–Crippen LogP) is 0.140. The second-order valence-corrected chi connectivity index (χ2v) is 4.26. The lowest BCUT2D eigenvalue weighted by molar-refractivity contribution is -0.134. The Kier molecular flexibility index (Phi) is 4.04. The number of epoxide rings is 1. The first-order valence-electron chi connectivity index (χ1n) is 5.65. The highest BCUT2D eigenvalue weighted by molar-refractivity contribution is 6.12. The van der Waals surface area contributed by atoms with Crippen LogP contribution in [0.5, 0.6) is 0 Å². The normalized spacial score (nSPS) is 29.8. The molecule has 1 rings (SSSR count). The second-order valence-electron chi connectivity index (χ2n) is 4.26. The minimum absolute atomic E-state index is 0.278. The van der Waals surface area contributed by atoms with Crippen molar-refractivity contribution in [3.63, 3.8) is 0 Å². The Morgan fingerprint density at radius 1 is 1.50 bits per heavy atom. The zero-order valence-electron chi connectivity index (χ0n) is 9.73. The Morgan fingerprint density at radius 3 is 2.50 bits per heavy atom. The summed E-state index contributed by atoms with van der Waals surface area (Å²) in [6.45, 7) is 3.51. The number of Topliss-reactive ketones (excluding diaryl/α,β-unsaturated/α-hetero) is 1. The summed E-state index contributed by atoms with van der Waals surface area (Å²) < 4.78 is 5.05. The second kappa shape index (κ2) is 4.93. The molecule has 1 saturated heterocycles. The van der Waals surface area contributed by atoms with Crippen molar-refractivity contribution in [1.29, 1.82) is 0 Å². The summed E-state index contributed by atoms with van der Waals surface area (Å²) in [4.78, 5) is 23.1.